The van der Waals surface area contributed by atoms with Gasteiger partial charge >= 0.3 is 0 Å². The predicted octanol–water partition coefficient (Wildman–Crippen LogP) is 3.67. The first-order chi connectivity index (χ1) is 12.5. The first-order valence-corrected chi connectivity index (χ1v) is 9.29. The molecule has 1 heterocycles. The fraction of sp³-hybridized carbons (Fsp3) is 0.250. The molecular formula is C20H20N2O3S. The minimum Gasteiger partial charge on any atom is -0.491 e. The topological polar surface area (TPSA) is 72.3 Å². The Morgan fingerprint density at radius 2 is 1.88 bits per heavy atom. The van der Waals surface area contributed by atoms with Crippen molar-refractivity contribution in [2.24, 2.45) is 0 Å². The van der Waals surface area contributed by atoms with E-state index in [2.05, 4.69) is 9.97 Å². The molecule has 5 nitrogen and oxygen atoms in total. The smallest absolute Gasteiger partial charge is 0.159 e. The molecular weight excluding hydrogens is 348 g/mol. The summed E-state index contributed by atoms with van der Waals surface area (Å²) >= 11 is 1.49. The highest BCUT2D eigenvalue weighted by atomic mass is 32.2. The van der Waals surface area contributed by atoms with Gasteiger partial charge < -0.3 is 9.84 Å². The predicted molar refractivity (Wildman–Crippen MR) is 103 cm³/mol. The SMILES string of the molecule is CC(=O)c1ccc(OC[C@H](O)CSc2nc(C)nc3ccccc23)cc1. The van der Waals surface area contributed by atoms with Gasteiger partial charge in [0, 0.05) is 16.7 Å². The number of benzene rings is 2. The first kappa shape index (κ1) is 18.4. The van der Waals surface area contributed by atoms with E-state index in [0.29, 0.717) is 22.9 Å². The molecule has 26 heavy (non-hydrogen) atoms. The molecule has 0 aliphatic heterocycles. The van der Waals surface area contributed by atoms with Gasteiger partial charge in [-0.25, -0.2) is 9.97 Å². The van der Waals surface area contributed by atoms with E-state index in [1.54, 1.807) is 24.3 Å². The van der Waals surface area contributed by atoms with Gasteiger partial charge in [0.05, 0.1) is 11.6 Å². The Kier molecular flexibility index (Phi) is 5.85. The first-order valence-electron chi connectivity index (χ1n) is 8.31. The zero-order valence-electron chi connectivity index (χ0n) is 14.7. The third-order valence-electron chi connectivity index (χ3n) is 3.80. The van der Waals surface area contributed by atoms with Crippen molar-refractivity contribution in [3.8, 4) is 5.75 Å². The average Bonchev–Trinajstić information content (AvgIpc) is 2.64. The van der Waals surface area contributed by atoms with Crippen LogP contribution in [0.4, 0.5) is 0 Å². The van der Waals surface area contributed by atoms with Crippen molar-refractivity contribution < 1.29 is 14.6 Å². The number of aromatic nitrogens is 2. The van der Waals surface area contributed by atoms with Crippen LogP contribution in [0.5, 0.6) is 5.75 Å². The molecule has 1 atom stereocenters. The third-order valence-corrected chi connectivity index (χ3v) is 4.93. The van der Waals surface area contributed by atoms with Gasteiger partial charge in [-0.1, -0.05) is 18.2 Å². The standard InChI is InChI=1S/C20H20N2O3S/c1-13(23)15-7-9-17(10-8-15)25-11-16(24)12-26-20-18-5-3-4-6-19(18)21-14(2)22-20/h3-10,16,24H,11-12H2,1-2H3/t16-/m0/s1. The molecule has 6 heteroatoms. The second-order valence-electron chi connectivity index (χ2n) is 5.95. The number of aliphatic hydroxyl groups excluding tert-OH is 1. The number of para-hydroxylation sites is 1. The Labute approximate surface area is 156 Å². The summed E-state index contributed by atoms with van der Waals surface area (Å²) in [6.07, 6.45) is -0.637. The van der Waals surface area contributed by atoms with E-state index in [0.717, 1.165) is 15.9 Å². The molecule has 0 amide bonds. The van der Waals surface area contributed by atoms with E-state index in [9.17, 15) is 9.90 Å². The lowest BCUT2D eigenvalue weighted by molar-refractivity contribution is 0.101. The van der Waals surface area contributed by atoms with E-state index < -0.39 is 6.10 Å². The molecule has 0 bridgehead atoms. The van der Waals surface area contributed by atoms with Crippen molar-refractivity contribution in [3.63, 3.8) is 0 Å². The highest BCUT2D eigenvalue weighted by Crippen LogP contribution is 2.25. The molecule has 0 saturated heterocycles. The summed E-state index contributed by atoms with van der Waals surface area (Å²) in [6.45, 7) is 3.56. The molecule has 0 saturated carbocycles. The van der Waals surface area contributed by atoms with E-state index in [4.69, 9.17) is 4.74 Å². The van der Waals surface area contributed by atoms with E-state index in [-0.39, 0.29) is 12.4 Å². The third kappa shape index (κ3) is 4.59. The maximum absolute atomic E-state index is 11.3. The van der Waals surface area contributed by atoms with Gasteiger partial charge in [0.2, 0.25) is 0 Å². The average molecular weight is 368 g/mol. The number of rotatable bonds is 7. The number of Topliss-reactive ketones (excluding diaryl/α,β-unsaturated/α-hetero) is 1. The Morgan fingerprint density at radius 1 is 1.15 bits per heavy atom. The zero-order chi connectivity index (χ0) is 18.5. The molecule has 1 aromatic heterocycles. The Balaban J connectivity index is 1.57. The van der Waals surface area contributed by atoms with Crippen LogP contribution in [0.3, 0.4) is 0 Å². The van der Waals surface area contributed by atoms with Crippen LogP contribution < -0.4 is 4.74 Å². The van der Waals surface area contributed by atoms with Crippen molar-refractivity contribution in [1.29, 1.82) is 0 Å². The Bertz CT molecular complexity index is 913. The van der Waals surface area contributed by atoms with Crippen molar-refractivity contribution in [3.05, 3.63) is 59.9 Å². The highest BCUT2D eigenvalue weighted by Gasteiger charge is 2.11. The number of aryl methyl sites for hydroxylation is 1. The van der Waals surface area contributed by atoms with Gasteiger partial charge in [0.25, 0.3) is 0 Å². The molecule has 0 spiro atoms. The monoisotopic (exact) mass is 368 g/mol. The maximum Gasteiger partial charge on any atom is 0.159 e. The van der Waals surface area contributed by atoms with Crippen molar-refractivity contribution in [2.45, 2.75) is 25.0 Å². The number of fused-ring (bicyclic) bond motifs is 1. The molecule has 3 rings (SSSR count). The quantitative estimate of drug-likeness (QED) is 0.390. The van der Waals surface area contributed by atoms with E-state index in [1.807, 2.05) is 31.2 Å². The number of thioether (sulfide) groups is 1. The number of ether oxygens (including phenoxy) is 1. The normalized spacial score (nSPS) is 12.1. The van der Waals surface area contributed by atoms with Crippen LogP contribution in [0, 0.1) is 6.92 Å². The summed E-state index contributed by atoms with van der Waals surface area (Å²) in [7, 11) is 0. The number of hydrogen-bond donors (Lipinski definition) is 1. The summed E-state index contributed by atoms with van der Waals surface area (Å²) in [6, 6.07) is 14.7. The van der Waals surface area contributed by atoms with Crippen molar-refractivity contribution in [2.75, 3.05) is 12.4 Å². The molecule has 0 fully saturated rings. The molecule has 134 valence electrons. The summed E-state index contributed by atoms with van der Waals surface area (Å²) in [5.74, 6) is 1.82. The van der Waals surface area contributed by atoms with Gasteiger partial charge in [0.1, 0.15) is 23.2 Å². The van der Waals surface area contributed by atoms with Gasteiger partial charge in [-0.2, -0.15) is 0 Å². The largest absolute Gasteiger partial charge is 0.491 e. The van der Waals surface area contributed by atoms with Crippen LogP contribution >= 0.6 is 11.8 Å². The Morgan fingerprint density at radius 3 is 2.62 bits per heavy atom. The number of hydrogen-bond acceptors (Lipinski definition) is 6. The van der Waals surface area contributed by atoms with E-state index >= 15 is 0 Å². The molecule has 2 aromatic carbocycles. The second-order valence-corrected chi connectivity index (χ2v) is 6.96. The lowest BCUT2D eigenvalue weighted by atomic mass is 10.1. The lowest BCUT2D eigenvalue weighted by Gasteiger charge is -2.13. The van der Waals surface area contributed by atoms with Gasteiger partial charge in [-0.15, -0.1) is 11.8 Å². The summed E-state index contributed by atoms with van der Waals surface area (Å²) in [5, 5.41) is 12.1. The summed E-state index contributed by atoms with van der Waals surface area (Å²) < 4.78 is 5.59. The van der Waals surface area contributed by atoms with Crippen LogP contribution in [0.2, 0.25) is 0 Å². The molecule has 3 aromatic rings. The number of ketones is 1. The molecule has 1 N–H and O–H groups in total. The molecule has 0 radical (unpaired) electrons. The maximum atomic E-state index is 11.3. The zero-order valence-corrected chi connectivity index (χ0v) is 15.5. The lowest BCUT2D eigenvalue weighted by Crippen LogP contribution is -2.20. The Hall–Kier alpha value is -2.44. The van der Waals surface area contributed by atoms with Gasteiger partial charge in [0.15, 0.2) is 5.78 Å². The van der Waals surface area contributed by atoms with Gasteiger partial charge in [-0.3, -0.25) is 4.79 Å². The molecule has 0 aliphatic rings. The number of carbonyl (C=O) groups excluding carboxylic acids is 1. The highest BCUT2D eigenvalue weighted by molar-refractivity contribution is 7.99. The van der Waals surface area contributed by atoms with Crippen LogP contribution in [0.15, 0.2) is 53.6 Å². The number of carbonyl (C=O) groups is 1. The summed E-state index contributed by atoms with van der Waals surface area (Å²) in [5.41, 5.74) is 1.54. The molecule has 0 aliphatic carbocycles. The van der Waals surface area contributed by atoms with Gasteiger partial charge in [-0.05, 0) is 44.2 Å². The minimum atomic E-state index is -0.637. The van der Waals surface area contributed by atoms with Crippen LogP contribution in [0.1, 0.15) is 23.1 Å². The molecule has 0 unspecified atom stereocenters. The van der Waals surface area contributed by atoms with Crippen molar-refractivity contribution in [1.82, 2.24) is 9.97 Å². The number of aliphatic hydroxyl groups is 1. The number of nitrogens with zero attached hydrogens (tertiary/aromatic N) is 2. The second kappa shape index (κ2) is 8.29. The minimum absolute atomic E-state index is 0.0142. The van der Waals surface area contributed by atoms with E-state index in [1.165, 1.54) is 18.7 Å². The fourth-order valence-corrected chi connectivity index (χ4v) is 3.44. The van der Waals surface area contributed by atoms with Crippen LogP contribution in [-0.2, 0) is 0 Å². The van der Waals surface area contributed by atoms with Crippen molar-refractivity contribution >= 4 is 28.4 Å². The summed E-state index contributed by atoms with van der Waals surface area (Å²) in [4.78, 5) is 20.2. The van der Waals surface area contributed by atoms with Crippen LogP contribution in [0.25, 0.3) is 10.9 Å². The van der Waals surface area contributed by atoms with Crippen LogP contribution in [-0.4, -0.2) is 39.3 Å². The fourth-order valence-electron chi connectivity index (χ4n) is 2.47.